The lowest BCUT2D eigenvalue weighted by Crippen LogP contribution is -2.74. The summed E-state index contributed by atoms with van der Waals surface area (Å²) in [5.74, 6) is 0. The predicted octanol–water partition coefficient (Wildman–Crippen LogP) is 30.2. The third-order valence-electron chi connectivity index (χ3n) is 29.8. The first-order valence-corrected chi connectivity index (χ1v) is 53.7. The summed E-state index contributed by atoms with van der Waals surface area (Å²) in [6.45, 7) is 0. The van der Waals surface area contributed by atoms with Crippen LogP contribution in [0, 0.1) is 0 Å². The molecule has 27 aromatic rings. The highest BCUT2D eigenvalue weighted by Gasteiger charge is 2.43. The first-order valence-electron chi connectivity index (χ1n) is 49.7. The fourth-order valence-electron chi connectivity index (χ4n) is 23.1. The van der Waals surface area contributed by atoms with Crippen LogP contribution in [0.2, 0.25) is 0 Å². The minimum Gasteiger partial charge on any atom is -0.309 e. The number of hydrogen-bond acceptors (Lipinski definition) is 0. The Morgan fingerprint density at radius 1 is 0.0972 bits per heavy atom. The molecule has 0 aliphatic rings. The molecule has 0 fully saturated rings. The Hall–Kier alpha value is -18.3. The molecule has 0 aliphatic heterocycles. The quantitative estimate of drug-likeness (QED) is 0.0568. The van der Waals surface area contributed by atoms with E-state index in [-0.39, 0.29) is 0 Å². The molecular weight excluding hydrogens is 1770 g/mol. The monoisotopic (exact) mass is 1860 g/mol. The Morgan fingerprint density at radius 2 is 0.271 bits per heavy atom. The van der Waals surface area contributed by atoms with Crippen molar-refractivity contribution in [3.8, 4) is 101 Å². The van der Waals surface area contributed by atoms with Gasteiger partial charge in [-0.1, -0.05) is 461 Å². The number of fused-ring (bicyclic) bond motifs is 12. The van der Waals surface area contributed by atoms with Gasteiger partial charge in [0.25, 0.3) is 0 Å². The lowest BCUT2D eigenvalue weighted by atomic mass is 9.98. The van der Waals surface area contributed by atoms with Crippen LogP contribution < -0.4 is 41.5 Å². The van der Waals surface area contributed by atoms with Gasteiger partial charge in [0.15, 0.2) is 16.1 Å². The highest BCUT2D eigenvalue weighted by molar-refractivity contribution is 7.20. The summed E-state index contributed by atoms with van der Waals surface area (Å²) < 4.78 is 9.62. The smallest absolute Gasteiger partial charge is 0.179 e. The topological polar surface area (TPSA) is 19.7 Å². The number of para-hydroxylation sites is 5. The summed E-state index contributed by atoms with van der Waals surface area (Å²) in [5.41, 5.74) is 31.1. The molecule has 0 saturated carbocycles. The van der Waals surface area contributed by atoms with Crippen LogP contribution in [0.4, 0.5) is 0 Å². The van der Waals surface area contributed by atoms with Crippen molar-refractivity contribution in [1.29, 1.82) is 0 Å². The van der Waals surface area contributed by atoms with Crippen LogP contribution in [0.5, 0.6) is 0 Å². The summed E-state index contributed by atoms with van der Waals surface area (Å²) in [4.78, 5) is 0. The fourth-order valence-corrected chi connectivity index (χ4v) is 32.7. The van der Waals surface area contributed by atoms with Gasteiger partial charge in [-0.3, -0.25) is 0 Å². The van der Waals surface area contributed by atoms with E-state index in [1.807, 2.05) is 0 Å². The number of rotatable bonds is 19. The number of benzene rings is 23. The van der Waals surface area contributed by atoms with Crippen LogP contribution in [0.25, 0.3) is 188 Å². The molecule has 0 bridgehead atoms. The molecular formula is C138H96N4Si2. The summed E-state index contributed by atoms with van der Waals surface area (Å²) in [7, 11) is -5.36. The van der Waals surface area contributed by atoms with Crippen molar-refractivity contribution in [3.05, 3.63) is 582 Å². The van der Waals surface area contributed by atoms with Gasteiger partial charge in [-0.2, -0.15) is 0 Å². The van der Waals surface area contributed by atoms with E-state index in [9.17, 15) is 0 Å². The number of nitrogens with zero attached hydrogens (tertiary/aromatic N) is 4. The second-order valence-corrected chi connectivity index (χ2v) is 45.3. The molecule has 6 heteroatoms. The second-order valence-electron chi connectivity index (χ2n) is 37.7. The van der Waals surface area contributed by atoms with E-state index in [4.69, 9.17) is 0 Å². The Kier molecular flexibility index (Phi) is 22.0. The zero-order valence-electron chi connectivity index (χ0n) is 79.2. The zero-order chi connectivity index (χ0) is 95.4. The molecule has 0 radical (unpaired) electrons. The Bertz CT molecular complexity index is 9240. The van der Waals surface area contributed by atoms with Gasteiger partial charge in [0.2, 0.25) is 0 Å². The van der Waals surface area contributed by atoms with Gasteiger partial charge in [0.1, 0.15) is 0 Å². The first kappa shape index (κ1) is 86.1. The van der Waals surface area contributed by atoms with Crippen LogP contribution in [-0.2, 0) is 0 Å². The maximum absolute atomic E-state index is 2.69. The van der Waals surface area contributed by atoms with Crippen molar-refractivity contribution in [2.75, 3.05) is 0 Å². The van der Waals surface area contributed by atoms with Crippen molar-refractivity contribution < 1.29 is 0 Å². The highest BCUT2D eigenvalue weighted by Crippen LogP contribution is 2.43. The van der Waals surface area contributed by atoms with Gasteiger partial charge in [-0.05, 0) is 241 Å². The van der Waals surface area contributed by atoms with Gasteiger partial charge >= 0.3 is 0 Å². The van der Waals surface area contributed by atoms with Crippen LogP contribution in [0.1, 0.15) is 0 Å². The molecule has 4 nitrogen and oxygen atoms in total. The second kappa shape index (κ2) is 36.8. The van der Waals surface area contributed by atoms with Crippen LogP contribution >= 0.6 is 0 Å². The molecule has 23 aromatic carbocycles. The highest BCUT2D eigenvalue weighted by atomic mass is 28.3. The summed E-state index contributed by atoms with van der Waals surface area (Å²) >= 11 is 0. The number of hydrogen-bond donors (Lipinski definition) is 0. The van der Waals surface area contributed by atoms with Crippen molar-refractivity contribution in [3.63, 3.8) is 0 Å². The molecule has 27 rings (SSSR count). The standard InChI is InChI=1S/C72H50N2Si.C66H46N2Si/c1-5-18-51(19-6-1)52-36-42-59(43-37-52)73-69-30-15-13-28-65(69)67-49-57(40-46-71(67)73)53-32-34-54(35-33-53)58-41-47-72-68(50-58)66-29-14-16-31-70(66)74(72)60-44-38-55(39-45-60)56-20-17-27-64(48-56)75(61-21-7-2-8-22-61,62-23-9-3-10-24-62)63-25-11-4-12-26-63;1-5-21-53(22-6-1)67-63-33-15-13-31-59(63)61-45-51(39-41-65(61)67)47-35-37-48(38-36-47)52-40-42-66-62(46-52)60-32-14-16-34-64(60)68(66)54-23-17-19-49(43-54)50-20-18-30-58(44-50)69(55-24-7-2-8-25-55,56-26-9-3-10-27-56)57-28-11-4-12-29-57/h1-50H;1-46H. The SMILES string of the molecule is c1ccc(-c2ccc(-n3c4ccccc4c4cc(-c5ccc(-c6ccc7c(c6)c6ccccc6n7-c6ccc(-c7cccc([Si](c8ccccc8)(c8ccccc8)c8ccccc8)c7)cc6)cc5)ccc43)cc2)cc1.c1ccc(-n2c3ccccc3c3cc(-c4ccc(-c5ccc6c(c5)c5ccccc5n6-c5cccc(-c6cccc([Si](c7ccccc7)(c7ccccc7)c7ccccc7)c6)c5)cc4)ccc32)cc1. The lowest BCUT2D eigenvalue weighted by Gasteiger charge is -2.34. The average Bonchev–Trinajstić information content (AvgIpc) is 1.64. The van der Waals surface area contributed by atoms with Gasteiger partial charge in [-0.25, -0.2) is 0 Å². The summed E-state index contributed by atoms with van der Waals surface area (Å²) in [5, 5.41) is 20.9. The van der Waals surface area contributed by atoms with E-state index in [2.05, 4.69) is 601 Å². The van der Waals surface area contributed by atoms with Crippen molar-refractivity contribution >= 4 is 145 Å². The molecule has 0 N–H and O–H groups in total. The molecule has 0 amide bonds. The molecule has 4 heterocycles. The average molecular weight is 1870 g/mol. The molecule has 0 spiro atoms. The number of aromatic nitrogens is 4. The largest absolute Gasteiger partial charge is 0.309 e. The first-order chi connectivity index (χ1) is 71.4. The van der Waals surface area contributed by atoms with E-state index < -0.39 is 16.1 Å². The van der Waals surface area contributed by atoms with E-state index in [1.165, 1.54) is 212 Å². The molecule has 0 saturated heterocycles. The van der Waals surface area contributed by atoms with Crippen molar-refractivity contribution in [2.45, 2.75) is 0 Å². The van der Waals surface area contributed by atoms with E-state index in [0.717, 1.165) is 17.1 Å². The predicted molar refractivity (Wildman–Crippen MR) is 616 cm³/mol. The van der Waals surface area contributed by atoms with E-state index in [0.29, 0.717) is 0 Å². The van der Waals surface area contributed by atoms with Crippen LogP contribution in [-0.4, -0.2) is 34.4 Å². The third-order valence-corrected chi connectivity index (χ3v) is 39.3. The van der Waals surface area contributed by atoms with Crippen LogP contribution in [0.15, 0.2) is 582 Å². The van der Waals surface area contributed by atoms with Gasteiger partial charge in [-0.15, -0.1) is 0 Å². The minimum absolute atomic E-state index is 1.14. The molecule has 0 aliphatic carbocycles. The summed E-state index contributed by atoms with van der Waals surface area (Å²) in [6.07, 6.45) is 0. The lowest BCUT2D eigenvalue weighted by molar-refractivity contribution is 1.18. The molecule has 144 heavy (non-hydrogen) atoms. The van der Waals surface area contributed by atoms with Crippen molar-refractivity contribution in [2.24, 2.45) is 0 Å². The van der Waals surface area contributed by atoms with E-state index >= 15 is 0 Å². The van der Waals surface area contributed by atoms with Gasteiger partial charge in [0, 0.05) is 65.8 Å². The van der Waals surface area contributed by atoms with Crippen molar-refractivity contribution in [1.82, 2.24) is 18.3 Å². The van der Waals surface area contributed by atoms with Gasteiger partial charge in [0.05, 0.1) is 44.1 Å². The zero-order valence-corrected chi connectivity index (χ0v) is 81.2. The molecule has 0 atom stereocenters. The minimum atomic E-state index is -2.69. The third kappa shape index (κ3) is 15.1. The maximum atomic E-state index is 2.46. The Balaban J connectivity index is 0.000000147. The Labute approximate surface area is 839 Å². The maximum Gasteiger partial charge on any atom is 0.179 e. The Morgan fingerprint density at radius 3 is 0.569 bits per heavy atom. The summed E-state index contributed by atoms with van der Waals surface area (Å²) in [6, 6.07) is 215. The molecule has 4 aromatic heterocycles. The normalized spacial score (nSPS) is 11.8. The molecule has 0 unspecified atom stereocenters. The van der Waals surface area contributed by atoms with Crippen LogP contribution in [0.3, 0.4) is 0 Å². The van der Waals surface area contributed by atoms with Gasteiger partial charge < -0.3 is 18.3 Å². The van der Waals surface area contributed by atoms with E-state index in [1.54, 1.807) is 0 Å². The molecule has 676 valence electrons. The fraction of sp³-hybridized carbons (Fsp3) is 0.